The topological polar surface area (TPSA) is 92.6 Å². The van der Waals surface area contributed by atoms with Crippen molar-refractivity contribution in [2.24, 2.45) is 0 Å². The molecule has 1 atom stereocenters. The minimum atomic E-state index is -0.869. The molecule has 122 valence electrons. The third kappa shape index (κ3) is 5.15. The SMILES string of the molecule is COc1cccc(NC(=O)NCC(O)Cn2ccccc2=O)c1. The zero-order valence-corrected chi connectivity index (χ0v) is 12.7. The van der Waals surface area contributed by atoms with Gasteiger partial charge in [0, 0.05) is 30.6 Å². The van der Waals surface area contributed by atoms with Gasteiger partial charge in [-0.3, -0.25) is 4.79 Å². The number of ether oxygens (including phenoxy) is 1. The molecule has 2 aromatic rings. The van der Waals surface area contributed by atoms with E-state index in [1.165, 1.54) is 10.6 Å². The molecule has 0 radical (unpaired) electrons. The largest absolute Gasteiger partial charge is 0.497 e. The van der Waals surface area contributed by atoms with E-state index in [1.807, 2.05) is 0 Å². The number of hydrogen-bond donors (Lipinski definition) is 3. The fourth-order valence-corrected chi connectivity index (χ4v) is 1.99. The van der Waals surface area contributed by atoms with Crippen molar-refractivity contribution in [3.63, 3.8) is 0 Å². The van der Waals surface area contributed by atoms with Crippen LogP contribution >= 0.6 is 0 Å². The first-order valence-corrected chi connectivity index (χ1v) is 7.11. The van der Waals surface area contributed by atoms with E-state index >= 15 is 0 Å². The molecular formula is C16H19N3O4. The molecule has 0 aliphatic carbocycles. The number of methoxy groups -OCH3 is 1. The number of aromatic nitrogens is 1. The Morgan fingerprint density at radius 1 is 1.30 bits per heavy atom. The van der Waals surface area contributed by atoms with Crippen molar-refractivity contribution >= 4 is 11.7 Å². The van der Waals surface area contributed by atoms with E-state index in [0.29, 0.717) is 11.4 Å². The van der Waals surface area contributed by atoms with Crippen LogP contribution in [0.4, 0.5) is 10.5 Å². The second-order valence-electron chi connectivity index (χ2n) is 4.91. The Hall–Kier alpha value is -2.80. The molecule has 0 fully saturated rings. The van der Waals surface area contributed by atoms with Gasteiger partial charge in [-0.05, 0) is 18.2 Å². The smallest absolute Gasteiger partial charge is 0.319 e. The minimum absolute atomic E-state index is 0.0249. The van der Waals surface area contributed by atoms with Crippen LogP contribution in [-0.4, -0.2) is 35.5 Å². The molecule has 7 heteroatoms. The van der Waals surface area contributed by atoms with Crippen LogP contribution in [0.3, 0.4) is 0 Å². The quantitative estimate of drug-likeness (QED) is 0.742. The van der Waals surface area contributed by atoms with E-state index < -0.39 is 12.1 Å². The summed E-state index contributed by atoms with van der Waals surface area (Å²) in [5.41, 5.74) is 0.378. The molecule has 7 nitrogen and oxygen atoms in total. The second-order valence-corrected chi connectivity index (χ2v) is 4.91. The van der Waals surface area contributed by atoms with Crippen LogP contribution in [0, 0.1) is 0 Å². The van der Waals surface area contributed by atoms with Crippen molar-refractivity contribution in [3.05, 3.63) is 59.0 Å². The van der Waals surface area contributed by atoms with Gasteiger partial charge >= 0.3 is 6.03 Å². The number of aliphatic hydroxyl groups is 1. The summed E-state index contributed by atoms with van der Waals surface area (Å²) in [5.74, 6) is 0.631. The maximum absolute atomic E-state index is 11.8. The van der Waals surface area contributed by atoms with Gasteiger partial charge in [-0.2, -0.15) is 0 Å². The van der Waals surface area contributed by atoms with Crippen molar-refractivity contribution < 1.29 is 14.6 Å². The van der Waals surface area contributed by atoms with Crippen LogP contribution in [0.1, 0.15) is 0 Å². The van der Waals surface area contributed by atoms with E-state index in [-0.39, 0.29) is 18.6 Å². The van der Waals surface area contributed by atoms with Gasteiger partial charge in [-0.1, -0.05) is 12.1 Å². The number of anilines is 1. The Morgan fingerprint density at radius 2 is 2.13 bits per heavy atom. The summed E-state index contributed by atoms with van der Waals surface area (Å²) in [5, 5.41) is 15.1. The fourth-order valence-electron chi connectivity index (χ4n) is 1.99. The number of hydrogen-bond acceptors (Lipinski definition) is 4. The van der Waals surface area contributed by atoms with E-state index in [4.69, 9.17) is 4.74 Å². The third-order valence-electron chi connectivity index (χ3n) is 3.13. The van der Waals surface area contributed by atoms with Gasteiger partial charge in [-0.15, -0.1) is 0 Å². The first kappa shape index (κ1) is 16.6. The monoisotopic (exact) mass is 317 g/mol. The molecule has 0 aliphatic heterocycles. The standard InChI is InChI=1S/C16H19N3O4/c1-23-14-6-4-5-12(9-14)18-16(22)17-10-13(20)11-19-8-3-2-7-15(19)21/h2-9,13,20H,10-11H2,1H3,(H2,17,18,22). The summed E-state index contributed by atoms with van der Waals surface area (Å²) in [4.78, 5) is 23.3. The van der Waals surface area contributed by atoms with E-state index in [1.54, 1.807) is 49.7 Å². The minimum Gasteiger partial charge on any atom is -0.497 e. The van der Waals surface area contributed by atoms with Crippen molar-refractivity contribution in [2.45, 2.75) is 12.6 Å². The lowest BCUT2D eigenvalue weighted by Crippen LogP contribution is -2.38. The van der Waals surface area contributed by atoms with Gasteiger partial charge in [0.05, 0.1) is 19.8 Å². The molecule has 1 heterocycles. The summed E-state index contributed by atoms with van der Waals surface area (Å²) < 4.78 is 6.45. The molecule has 1 aromatic heterocycles. The highest BCUT2D eigenvalue weighted by molar-refractivity contribution is 5.89. The first-order valence-electron chi connectivity index (χ1n) is 7.11. The fraction of sp³-hybridized carbons (Fsp3) is 0.250. The maximum Gasteiger partial charge on any atom is 0.319 e. The molecule has 23 heavy (non-hydrogen) atoms. The summed E-state index contributed by atoms with van der Waals surface area (Å²) in [7, 11) is 1.54. The lowest BCUT2D eigenvalue weighted by Gasteiger charge is -2.14. The lowest BCUT2D eigenvalue weighted by molar-refractivity contribution is 0.151. The maximum atomic E-state index is 11.8. The van der Waals surface area contributed by atoms with Gasteiger partial charge in [-0.25, -0.2) is 4.79 Å². The number of carbonyl (C=O) groups is 1. The molecule has 0 bridgehead atoms. The molecule has 0 aliphatic rings. The van der Waals surface area contributed by atoms with Crippen LogP contribution in [0.2, 0.25) is 0 Å². The summed E-state index contributed by atoms with van der Waals surface area (Å²) >= 11 is 0. The predicted octanol–water partition coefficient (Wildman–Crippen LogP) is 1.04. The zero-order chi connectivity index (χ0) is 16.7. The number of nitrogens with zero attached hydrogens (tertiary/aromatic N) is 1. The van der Waals surface area contributed by atoms with Crippen LogP contribution in [0.15, 0.2) is 53.5 Å². The second kappa shape index (κ2) is 8.00. The Kier molecular flexibility index (Phi) is 5.76. The number of urea groups is 1. The summed E-state index contributed by atoms with van der Waals surface area (Å²) in [6.07, 6.45) is 0.716. The molecule has 2 amide bonds. The van der Waals surface area contributed by atoms with Gasteiger partial charge in [0.2, 0.25) is 0 Å². The number of benzene rings is 1. The van der Waals surface area contributed by atoms with Crippen LogP contribution in [0.25, 0.3) is 0 Å². The molecule has 1 aromatic carbocycles. The van der Waals surface area contributed by atoms with E-state index in [0.717, 1.165) is 0 Å². The lowest BCUT2D eigenvalue weighted by atomic mass is 10.3. The Labute approximate surface area is 133 Å². The van der Waals surface area contributed by atoms with E-state index in [9.17, 15) is 14.7 Å². The number of carbonyl (C=O) groups excluding carboxylic acids is 1. The molecule has 1 unspecified atom stereocenters. The zero-order valence-electron chi connectivity index (χ0n) is 12.7. The number of pyridine rings is 1. The average molecular weight is 317 g/mol. The van der Waals surface area contributed by atoms with Gasteiger partial charge in [0.15, 0.2) is 0 Å². The molecule has 3 N–H and O–H groups in total. The predicted molar refractivity (Wildman–Crippen MR) is 86.7 cm³/mol. The Bertz CT molecular complexity index is 714. The third-order valence-corrected chi connectivity index (χ3v) is 3.13. The highest BCUT2D eigenvalue weighted by atomic mass is 16.5. The first-order chi connectivity index (χ1) is 11.1. The van der Waals surface area contributed by atoms with Gasteiger partial charge in [0.1, 0.15) is 5.75 Å². The van der Waals surface area contributed by atoms with Crippen LogP contribution in [-0.2, 0) is 6.54 Å². The average Bonchev–Trinajstić information content (AvgIpc) is 2.55. The molecule has 0 saturated heterocycles. The van der Waals surface area contributed by atoms with Crippen LogP contribution < -0.4 is 20.9 Å². The number of aliphatic hydroxyl groups excluding tert-OH is 1. The molecule has 2 rings (SSSR count). The molecule has 0 saturated carbocycles. The number of rotatable bonds is 6. The van der Waals surface area contributed by atoms with Crippen molar-refractivity contribution in [1.82, 2.24) is 9.88 Å². The summed E-state index contributed by atoms with van der Waals surface area (Å²) in [6, 6.07) is 11.2. The van der Waals surface area contributed by atoms with Crippen molar-refractivity contribution in [2.75, 3.05) is 19.0 Å². The molecular weight excluding hydrogens is 298 g/mol. The highest BCUT2D eigenvalue weighted by Gasteiger charge is 2.09. The summed E-state index contributed by atoms with van der Waals surface area (Å²) in [6.45, 7) is 0.135. The van der Waals surface area contributed by atoms with Crippen molar-refractivity contribution in [1.29, 1.82) is 0 Å². The van der Waals surface area contributed by atoms with Gasteiger partial charge in [0.25, 0.3) is 5.56 Å². The Morgan fingerprint density at radius 3 is 2.87 bits per heavy atom. The van der Waals surface area contributed by atoms with E-state index in [2.05, 4.69) is 10.6 Å². The van der Waals surface area contributed by atoms with Crippen LogP contribution in [0.5, 0.6) is 5.75 Å². The van der Waals surface area contributed by atoms with Crippen molar-refractivity contribution in [3.8, 4) is 5.75 Å². The Balaban J connectivity index is 1.81. The van der Waals surface area contributed by atoms with Gasteiger partial charge < -0.3 is 25.0 Å². The molecule has 0 spiro atoms. The number of nitrogens with one attached hydrogen (secondary N) is 2. The normalized spacial score (nSPS) is 11.6. The highest BCUT2D eigenvalue weighted by Crippen LogP contribution is 2.16. The number of amides is 2.